The fourth-order valence-electron chi connectivity index (χ4n) is 3.78. The molecule has 4 rings (SSSR count). The molecule has 30 heavy (non-hydrogen) atoms. The van der Waals surface area contributed by atoms with Crippen molar-refractivity contribution in [1.29, 1.82) is 0 Å². The molecule has 2 atom stereocenters. The van der Waals surface area contributed by atoms with Crippen LogP contribution in [0, 0.1) is 11.7 Å². The predicted octanol–water partition coefficient (Wildman–Crippen LogP) is 4.15. The summed E-state index contributed by atoms with van der Waals surface area (Å²) in [5.74, 6) is -1.73. The highest BCUT2D eigenvalue weighted by Crippen LogP contribution is 2.47. The highest BCUT2D eigenvalue weighted by atomic mass is 19.1. The van der Waals surface area contributed by atoms with Gasteiger partial charge in [0.15, 0.2) is 0 Å². The molecular formula is C24H24FNO4. The van der Waals surface area contributed by atoms with Crippen molar-refractivity contribution < 1.29 is 23.5 Å². The van der Waals surface area contributed by atoms with Crippen LogP contribution in [0.15, 0.2) is 66.4 Å². The predicted molar refractivity (Wildman–Crippen MR) is 108 cm³/mol. The van der Waals surface area contributed by atoms with E-state index >= 15 is 0 Å². The monoisotopic (exact) mass is 409 g/mol. The van der Waals surface area contributed by atoms with Crippen LogP contribution in [0.5, 0.6) is 0 Å². The number of carbonyl (C=O) groups is 2. The maximum atomic E-state index is 13.3. The van der Waals surface area contributed by atoms with Crippen molar-refractivity contribution in [2.75, 3.05) is 6.54 Å². The number of hydrogen-bond acceptors (Lipinski definition) is 4. The molecule has 0 spiro atoms. The summed E-state index contributed by atoms with van der Waals surface area (Å²) < 4.78 is 23.8. The van der Waals surface area contributed by atoms with Crippen LogP contribution < -0.4 is 0 Å². The lowest BCUT2D eigenvalue weighted by Crippen LogP contribution is -2.32. The van der Waals surface area contributed by atoms with E-state index in [0.29, 0.717) is 24.9 Å². The number of cyclic esters (lactones) is 1. The zero-order valence-corrected chi connectivity index (χ0v) is 17.0. The third-order valence-corrected chi connectivity index (χ3v) is 5.35. The first kappa shape index (κ1) is 20.1. The Kier molecular flexibility index (Phi) is 5.33. The van der Waals surface area contributed by atoms with E-state index in [2.05, 4.69) is 12.1 Å². The number of amides is 1. The first-order valence-electron chi connectivity index (χ1n) is 10.0. The maximum Gasteiger partial charge on any atom is 0.377 e. The molecule has 1 heterocycles. The van der Waals surface area contributed by atoms with Gasteiger partial charge in [-0.1, -0.05) is 42.5 Å². The van der Waals surface area contributed by atoms with Gasteiger partial charge in [0.25, 0.3) is 5.91 Å². The van der Waals surface area contributed by atoms with Gasteiger partial charge in [0.05, 0.1) is 6.08 Å². The molecule has 1 saturated heterocycles. The lowest BCUT2D eigenvalue weighted by Gasteiger charge is -2.22. The van der Waals surface area contributed by atoms with Gasteiger partial charge >= 0.3 is 5.97 Å². The van der Waals surface area contributed by atoms with E-state index in [0.717, 1.165) is 12.0 Å². The highest BCUT2D eigenvalue weighted by Gasteiger charge is 2.41. The van der Waals surface area contributed by atoms with Gasteiger partial charge in [-0.15, -0.1) is 0 Å². The molecule has 2 fully saturated rings. The van der Waals surface area contributed by atoms with Crippen molar-refractivity contribution in [1.82, 2.24) is 4.90 Å². The zero-order chi connectivity index (χ0) is 21.3. The molecule has 1 aliphatic heterocycles. The number of hydrogen-bond donors (Lipinski definition) is 0. The van der Waals surface area contributed by atoms with Crippen molar-refractivity contribution in [3.63, 3.8) is 0 Å². The summed E-state index contributed by atoms with van der Waals surface area (Å²) in [6.07, 6.45) is 2.19. The van der Waals surface area contributed by atoms with Gasteiger partial charge in [0, 0.05) is 26.9 Å². The number of carbonyl (C=O) groups excluding carboxylic acids is 2. The summed E-state index contributed by atoms with van der Waals surface area (Å²) >= 11 is 0. The van der Waals surface area contributed by atoms with Crippen molar-refractivity contribution in [3.05, 3.63) is 83.4 Å². The summed E-state index contributed by atoms with van der Waals surface area (Å²) in [5, 5.41) is 0. The van der Waals surface area contributed by atoms with E-state index in [-0.39, 0.29) is 17.5 Å². The van der Waals surface area contributed by atoms with Crippen LogP contribution in [0.4, 0.5) is 4.39 Å². The van der Waals surface area contributed by atoms with Gasteiger partial charge < -0.3 is 14.4 Å². The molecule has 0 aromatic heterocycles. The van der Waals surface area contributed by atoms with Crippen LogP contribution in [-0.4, -0.2) is 29.1 Å². The molecule has 0 N–H and O–H groups in total. The lowest BCUT2D eigenvalue weighted by atomic mass is 10.1. The topological polar surface area (TPSA) is 55.8 Å². The Morgan fingerprint density at radius 2 is 1.83 bits per heavy atom. The van der Waals surface area contributed by atoms with E-state index in [1.54, 1.807) is 30.9 Å². The average Bonchev–Trinajstić information content (AvgIpc) is 3.42. The molecule has 1 amide bonds. The second-order valence-electron chi connectivity index (χ2n) is 8.26. The summed E-state index contributed by atoms with van der Waals surface area (Å²) in [6.45, 7) is 4.08. The molecule has 1 aliphatic carbocycles. The Labute approximate surface area is 175 Å². The van der Waals surface area contributed by atoms with Gasteiger partial charge in [-0.25, -0.2) is 9.18 Å². The largest absolute Gasteiger partial charge is 0.445 e. The molecule has 0 radical (unpaired) electrons. The standard InChI is InChI=1S/C24H24FNO4/c1-24(2)29-21(23(28)30-24)13-22(27)26(14-16-8-10-19(25)11-9-16)15-18-12-20(18)17-6-4-3-5-7-17/h3-11,13,18,20H,12,14-15H2,1-2H3/t18-,20?/m1/s1. The Morgan fingerprint density at radius 1 is 1.13 bits per heavy atom. The van der Waals surface area contributed by atoms with Gasteiger partial charge in [0.2, 0.25) is 11.5 Å². The summed E-state index contributed by atoms with van der Waals surface area (Å²) in [7, 11) is 0. The molecule has 5 nitrogen and oxygen atoms in total. The van der Waals surface area contributed by atoms with E-state index in [9.17, 15) is 14.0 Å². The maximum absolute atomic E-state index is 13.3. The van der Waals surface area contributed by atoms with E-state index in [1.165, 1.54) is 23.8 Å². The molecule has 1 saturated carbocycles. The number of benzene rings is 2. The van der Waals surface area contributed by atoms with Crippen LogP contribution in [0.2, 0.25) is 0 Å². The molecule has 0 bridgehead atoms. The first-order valence-corrected chi connectivity index (χ1v) is 10.0. The number of ether oxygens (including phenoxy) is 2. The van der Waals surface area contributed by atoms with E-state index in [1.807, 2.05) is 18.2 Å². The Morgan fingerprint density at radius 3 is 2.47 bits per heavy atom. The quantitative estimate of drug-likeness (QED) is 0.531. The minimum Gasteiger partial charge on any atom is -0.445 e. The highest BCUT2D eigenvalue weighted by molar-refractivity contribution is 5.98. The number of halogens is 1. The molecule has 2 aliphatic rings. The number of esters is 1. The minimum atomic E-state index is -1.08. The van der Waals surface area contributed by atoms with Gasteiger partial charge in [-0.05, 0) is 41.5 Å². The molecule has 156 valence electrons. The van der Waals surface area contributed by atoms with Gasteiger partial charge in [-0.3, -0.25) is 4.79 Å². The van der Waals surface area contributed by atoms with Crippen LogP contribution in [0.1, 0.15) is 37.3 Å². The Balaban J connectivity index is 1.51. The van der Waals surface area contributed by atoms with Crippen LogP contribution in [0.25, 0.3) is 0 Å². The number of rotatable bonds is 6. The van der Waals surface area contributed by atoms with Crippen LogP contribution >= 0.6 is 0 Å². The average molecular weight is 409 g/mol. The second kappa shape index (κ2) is 7.94. The van der Waals surface area contributed by atoms with Crippen molar-refractivity contribution >= 4 is 11.9 Å². The van der Waals surface area contributed by atoms with E-state index < -0.39 is 11.8 Å². The Hall–Kier alpha value is -3.15. The number of nitrogens with zero attached hydrogens (tertiary/aromatic N) is 1. The smallest absolute Gasteiger partial charge is 0.377 e. The SMILES string of the molecule is CC1(C)OC(=O)C(=CC(=O)N(Cc2ccc(F)cc2)C[C@H]2CC2c2ccccc2)O1. The lowest BCUT2D eigenvalue weighted by molar-refractivity contribution is -0.159. The molecular weight excluding hydrogens is 385 g/mol. The molecule has 1 unspecified atom stereocenters. The third-order valence-electron chi connectivity index (χ3n) is 5.35. The minimum absolute atomic E-state index is 0.0930. The second-order valence-corrected chi connectivity index (χ2v) is 8.26. The van der Waals surface area contributed by atoms with Crippen molar-refractivity contribution in [2.24, 2.45) is 5.92 Å². The molecule has 2 aromatic rings. The van der Waals surface area contributed by atoms with Crippen LogP contribution in [-0.2, 0) is 25.6 Å². The first-order chi connectivity index (χ1) is 14.3. The summed E-state index contributed by atoms with van der Waals surface area (Å²) in [4.78, 5) is 26.7. The summed E-state index contributed by atoms with van der Waals surface area (Å²) in [5.41, 5.74) is 2.08. The molecule has 2 aromatic carbocycles. The van der Waals surface area contributed by atoms with Crippen molar-refractivity contribution in [3.8, 4) is 0 Å². The third kappa shape index (κ3) is 4.70. The van der Waals surface area contributed by atoms with Crippen molar-refractivity contribution in [2.45, 2.75) is 38.5 Å². The van der Waals surface area contributed by atoms with Crippen LogP contribution in [0.3, 0.4) is 0 Å². The molecule has 6 heteroatoms. The van der Waals surface area contributed by atoms with Gasteiger partial charge in [0.1, 0.15) is 5.82 Å². The van der Waals surface area contributed by atoms with Gasteiger partial charge in [-0.2, -0.15) is 0 Å². The van der Waals surface area contributed by atoms with E-state index in [4.69, 9.17) is 9.47 Å². The fraction of sp³-hybridized carbons (Fsp3) is 0.333. The fourth-order valence-corrected chi connectivity index (χ4v) is 3.78. The summed E-state index contributed by atoms with van der Waals surface area (Å²) in [6, 6.07) is 16.3. The zero-order valence-electron chi connectivity index (χ0n) is 17.0. The normalized spacial score (nSPS) is 23.0. The Bertz CT molecular complexity index is 968.